The zero-order chi connectivity index (χ0) is 14.5. The largest absolute Gasteiger partial charge is 0.481 e. The Morgan fingerprint density at radius 3 is 3.05 bits per heavy atom. The topological polar surface area (TPSA) is 79.7 Å². The highest BCUT2D eigenvalue weighted by Gasteiger charge is 2.22. The van der Waals surface area contributed by atoms with E-state index in [4.69, 9.17) is 9.84 Å². The van der Waals surface area contributed by atoms with Gasteiger partial charge in [0, 0.05) is 19.3 Å². The summed E-state index contributed by atoms with van der Waals surface area (Å²) < 4.78 is 5.31. The number of piperidine rings is 1. The van der Waals surface area contributed by atoms with Crippen molar-refractivity contribution in [1.82, 2.24) is 9.88 Å². The molecule has 1 aromatic heterocycles. The number of carbonyl (C=O) groups is 2. The van der Waals surface area contributed by atoms with E-state index in [0.717, 1.165) is 25.9 Å². The summed E-state index contributed by atoms with van der Waals surface area (Å²) in [7, 11) is 0. The molecule has 1 saturated heterocycles. The van der Waals surface area contributed by atoms with Crippen molar-refractivity contribution in [3.63, 3.8) is 0 Å². The Morgan fingerprint density at radius 2 is 2.35 bits per heavy atom. The average Bonchev–Trinajstić information content (AvgIpc) is 2.45. The molecule has 1 atom stereocenters. The van der Waals surface area contributed by atoms with Crippen LogP contribution in [0.2, 0.25) is 0 Å². The van der Waals surface area contributed by atoms with Gasteiger partial charge in [0.05, 0.1) is 0 Å². The Labute approximate surface area is 117 Å². The van der Waals surface area contributed by atoms with Crippen LogP contribution in [0.5, 0.6) is 5.75 Å². The fourth-order valence-corrected chi connectivity index (χ4v) is 2.31. The van der Waals surface area contributed by atoms with Gasteiger partial charge in [-0.1, -0.05) is 6.92 Å². The van der Waals surface area contributed by atoms with Gasteiger partial charge >= 0.3 is 5.97 Å². The number of aromatic carboxylic acids is 1. The number of aromatic nitrogens is 1. The molecule has 6 heteroatoms. The van der Waals surface area contributed by atoms with E-state index in [0.29, 0.717) is 5.92 Å². The van der Waals surface area contributed by atoms with Gasteiger partial charge < -0.3 is 14.7 Å². The minimum Gasteiger partial charge on any atom is -0.481 e. The van der Waals surface area contributed by atoms with Crippen LogP contribution < -0.4 is 4.74 Å². The number of likely N-dealkylation sites (tertiary alicyclic amines) is 1. The van der Waals surface area contributed by atoms with E-state index in [2.05, 4.69) is 11.9 Å². The van der Waals surface area contributed by atoms with Crippen molar-refractivity contribution in [3.05, 3.63) is 24.0 Å². The van der Waals surface area contributed by atoms with Crippen molar-refractivity contribution < 1.29 is 19.4 Å². The zero-order valence-electron chi connectivity index (χ0n) is 11.4. The fraction of sp³-hybridized carbons (Fsp3) is 0.500. The SMILES string of the molecule is CC1CCCN(C(=O)COc2cccnc2C(=O)O)C1. The molecule has 0 bridgehead atoms. The highest BCUT2D eigenvalue weighted by atomic mass is 16.5. The quantitative estimate of drug-likeness (QED) is 0.901. The smallest absolute Gasteiger partial charge is 0.358 e. The van der Waals surface area contributed by atoms with Crippen molar-refractivity contribution in [2.75, 3.05) is 19.7 Å². The molecule has 1 amide bonds. The Hall–Kier alpha value is -2.11. The highest BCUT2D eigenvalue weighted by molar-refractivity contribution is 5.88. The third kappa shape index (κ3) is 3.46. The van der Waals surface area contributed by atoms with Gasteiger partial charge in [0.25, 0.3) is 5.91 Å². The van der Waals surface area contributed by atoms with E-state index in [1.165, 1.54) is 12.3 Å². The van der Waals surface area contributed by atoms with Crippen molar-refractivity contribution in [2.24, 2.45) is 5.92 Å². The normalized spacial score (nSPS) is 18.6. The van der Waals surface area contributed by atoms with Gasteiger partial charge in [0.15, 0.2) is 18.1 Å². The lowest BCUT2D eigenvalue weighted by atomic mass is 10.0. The first-order valence-electron chi connectivity index (χ1n) is 6.67. The zero-order valence-corrected chi connectivity index (χ0v) is 11.4. The van der Waals surface area contributed by atoms with Gasteiger partial charge in [-0.3, -0.25) is 4.79 Å². The van der Waals surface area contributed by atoms with Gasteiger partial charge in [-0.25, -0.2) is 9.78 Å². The molecule has 20 heavy (non-hydrogen) atoms. The molecule has 1 N–H and O–H groups in total. The van der Waals surface area contributed by atoms with Crippen molar-refractivity contribution in [3.8, 4) is 5.75 Å². The lowest BCUT2D eigenvalue weighted by Crippen LogP contribution is -2.41. The van der Waals surface area contributed by atoms with Crippen LogP contribution in [-0.2, 0) is 4.79 Å². The van der Waals surface area contributed by atoms with Crippen LogP contribution in [-0.4, -0.2) is 46.6 Å². The predicted octanol–water partition coefficient (Wildman–Crippen LogP) is 1.42. The summed E-state index contributed by atoms with van der Waals surface area (Å²) in [6.07, 6.45) is 3.51. The number of carbonyl (C=O) groups excluding carboxylic acids is 1. The van der Waals surface area contributed by atoms with E-state index in [9.17, 15) is 9.59 Å². The van der Waals surface area contributed by atoms with E-state index in [1.54, 1.807) is 11.0 Å². The maximum Gasteiger partial charge on any atom is 0.358 e. The van der Waals surface area contributed by atoms with Crippen LogP contribution in [0.15, 0.2) is 18.3 Å². The first kappa shape index (κ1) is 14.3. The summed E-state index contributed by atoms with van der Waals surface area (Å²) in [5.74, 6) is -0.657. The van der Waals surface area contributed by atoms with Gasteiger partial charge in [0.2, 0.25) is 0 Å². The molecule has 2 heterocycles. The standard InChI is InChI=1S/C14H18N2O4/c1-10-4-3-7-16(8-10)12(17)9-20-11-5-2-6-15-13(11)14(18)19/h2,5-6,10H,3-4,7-9H2,1H3,(H,18,19). The summed E-state index contributed by atoms with van der Waals surface area (Å²) in [4.78, 5) is 28.5. The molecular formula is C14H18N2O4. The molecule has 1 aliphatic heterocycles. The van der Waals surface area contributed by atoms with Crippen LogP contribution >= 0.6 is 0 Å². The summed E-state index contributed by atoms with van der Waals surface area (Å²) in [6, 6.07) is 3.08. The number of carboxylic acid groups (broad SMARTS) is 1. The molecule has 2 rings (SSSR count). The average molecular weight is 278 g/mol. The molecule has 6 nitrogen and oxygen atoms in total. The second-order valence-electron chi connectivity index (χ2n) is 5.03. The number of nitrogens with zero attached hydrogens (tertiary/aromatic N) is 2. The van der Waals surface area contributed by atoms with Crippen LogP contribution in [0, 0.1) is 5.92 Å². The van der Waals surface area contributed by atoms with Crippen molar-refractivity contribution >= 4 is 11.9 Å². The van der Waals surface area contributed by atoms with Crippen LogP contribution in [0.3, 0.4) is 0 Å². The van der Waals surface area contributed by atoms with Gasteiger partial charge in [-0.05, 0) is 30.9 Å². The minimum absolute atomic E-state index is 0.114. The first-order valence-corrected chi connectivity index (χ1v) is 6.67. The lowest BCUT2D eigenvalue weighted by Gasteiger charge is -2.30. The maximum atomic E-state index is 12.0. The molecule has 108 valence electrons. The number of rotatable bonds is 4. The molecule has 0 aliphatic carbocycles. The summed E-state index contributed by atoms with van der Waals surface area (Å²) in [5.41, 5.74) is -0.174. The Balaban J connectivity index is 1.95. The van der Waals surface area contributed by atoms with E-state index in [1.807, 2.05) is 0 Å². The second-order valence-corrected chi connectivity index (χ2v) is 5.03. The first-order chi connectivity index (χ1) is 9.58. The van der Waals surface area contributed by atoms with E-state index in [-0.39, 0.29) is 24.0 Å². The number of hydrogen-bond donors (Lipinski definition) is 1. The molecule has 0 radical (unpaired) electrons. The lowest BCUT2D eigenvalue weighted by molar-refractivity contribution is -0.135. The molecular weight excluding hydrogens is 260 g/mol. The summed E-state index contributed by atoms with van der Waals surface area (Å²) >= 11 is 0. The number of carboxylic acids is 1. The number of hydrogen-bond acceptors (Lipinski definition) is 4. The molecule has 1 aliphatic rings. The Kier molecular flexibility index (Phi) is 4.55. The van der Waals surface area contributed by atoms with Crippen LogP contribution in [0.1, 0.15) is 30.3 Å². The van der Waals surface area contributed by atoms with Crippen molar-refractivity contribution in [1.29, 1.82) is 0 Å². The number of pyridine rings is 1. The van der Waals surface area contributed by atoms with Gasteiger partial charge in [-0.15, -0.1) is 0 Å². The molecule has 0 saturated carbocycles. The molecule has 0 spiro atoms. The fourth-order valence-electron chi connectivity index (χ4n) is 2.31. The van der Waals surface area contributed by atoms with Gasteiger partial charge in [-0.2, -0.15) is 0 Å². The summed E-state index contributed by atoms with van der Waals surface area (Å²) in [6.45, 7) is 3.44. The Morgan fingerprint density at radius 1 is 1.55 bits per heavy atom. The highest BCUT2D eigenvalue weighted by Crippen LogP contribution is 2.17. The maximum absolute atomic E-state index is 12.0. The third-order valence-corrected chi connectivity index (χ3v) is 3.33. The summed E-state index contributed by atoms with van der Waals surface area (Å²) in [5, 5.41) is 8.98. The van der Waals surface area contributed by atoms with Crippen LogP contribution in [0.4, 0.5) is 0 Å². The molecule has 0 aromatic carbocycles. The molecule has 1 unspecified atom stereocenters. The predicted molar refractivity (Wildman–Crippen MR) is 71.7 cm³/mol. The van der Waals surface area contributed by atoms with Gasteiger partial charge in [0.1, 0.15) is 0 Å². The number of ether oxygens (including phenoxy) is 1. The van der Waals surface area contributed by atoms with Crippen molar-refractivity contribution in [2.45, 2.75) is 19.8 Å². The third-order valence-electron chi connectivity index (χ3n) is 3.33. The molecule has 1 fully saturated rings. The second kappa shape index (κ2) is 6.36. The Bertz CT molecular complexity index is 504. The molecule has 1 aromatic rings. The van der Waals surface area contributed by atoms with Crippen LogP contribution in [0.25, 0.3) is 0 Å². The monoisotopic (exact) mass is 278 g/mol. The minimum atomic E-state index is -1.17. The number of amides is 1. The van der Waals surface area contributed by atoms with E-state index < -0.39 is 5.97 Å². The van der Waals surface area contributed by atoms with E-state index >= 15 is 0 Å².